The number of hydrogen-bond acceptors (Lipinski definition) is 9. The summed E-state index contributed by atoms with van der Waals surface area (Å²) in [6.07, 6.45) is 0. The Labute approximate surface area is 158 Å². The molecule has 0 saturated carbocycles. The molecule has 0 fully saturated rings. The monoisotopic (exact) mass is 392 g/mol. The van der Waals surface area contributed by atoms with Crippen molar-refractivity contribution in [3.8, 4) is 17.5 Å². The number of rotatable bonds is 7. The lowest BCUT2D eigenvalue weighted by molar-refractivity contribution is -0.144. The van der Waals surface area contributed by atoms with E-state index >= 15 is 0 Å². The third-order valence-electron chi connectivity index (χ3n) is 2.96. The van der Waals surface area contributed by atoms with Crippen LogP contribution in [0.3, 0.4) is 0 Å². The highest BCUT2D eigenvalue weighted by Crippen LogP contribution is 2.24. The highest BCUT2D eigenvalue weighted by atomic mass is 35.5. The van der Waals surface area contributed by atoms with Gasteiger partial charge in [-0.1, -0.05) is 23.4 Å². The Balaban J connectivity index is 1.85. The first-order valence-corrected chi connectivity index (χ1v) is 8.54. The van der Waals surface area contributed by atoms with E-state index in [1.54, 1.807) is 30.3 Å². The van der Waals surface area contributed by atoms with Crippen LogP contribution in [0.4, 0.5) is 0 Å². The molecule has 2 aromatic rings. The van der Waals surface area contributed by atoms with Gasteiger partial charge in [-0.3, -0.25) is 9.59 Å². The van der Waals surface area contributed by atoms with Crippen molar-refractivity contribution in [3.63, 3.8) is 0 Å². The summed E-state index contributed by atoms with van der Waals surface area (Å²) < 4.78 is 10.2. The second-order valence-corrected chi connectivity index (χ2v) is 6.29. The average molecular weight is 393 g/mol. The summed E-state index contributed by atoms with van der Waals surface area (Å²) in [5.41, 5.74) is 5.94. The molecule has 2 rings (SSSR count). The number of carbonyl (C=O) groups is 2. The molecule has 0 saturated heterocycles. The van der Waals surface area contributed by atoms with Crippen LogP contribution >= 0.6 is 23.4 Å². The maximum atomic E-state index is 11.7. The van der Waals surface area contributed by atoms with Crippen LogP contribution in [0.1, 0.15) is 6.92 Å². The molecular weight excluding hydrogens is 380 g/mol. The smallest absolute Gasteiger partial charge is 0.316 e. The van der Waals surface area contributed by atoms with E-state index in [-0.39, 0.29) is 28.1 Å². The van der Waals surface area contributed by atoms with Gasteiger partial charge >= 0.3 is 5.97 Å². The number of benzene rings is 1. The minimum absolute atomic E-state index is 0.0727. The molecule has 0 atom stereocenters. The fourth-order valence-corrected chi connectivity index (χ4v) is 2.42. The van der Waals surface area contributed by atoms with Gasteiger partial charge in [0.15, 0.2) is 6.61 Å². The lowest BCUT2D eigenvalue weighted by atomic mass is 10.1. The molecule has 0 aliphatic heterocycles. The number of ketones is 1. The molecule has 1 aromatic heterocycles. The molecular formula is C16H13ClN4O4S. The molecule has 134 valence electrons. The van der Waals surface area contributed by atoms with Crippen molar-refractivity contribution in [2.24, 2.45) is 5.73 Å². The number of nitrogens with two attached hydrogens (primary N) is 1. The van der Waals surface area contributed by atoms with E-state index in [0.717, 1.165) is 11.8 Å². The molecule has 0 radical (unpaired) electrons. The minimum atomic E-state index is -0.665. The standard InChI is InChI=1S/C16H13ClN4O4S/c1-9(19)12(6-18)13(22)7-24-14(23)8-26-16-21-20-15(25-16)10-2-4-11(17)5-3-10/h2-5H,7-8,19H2,1H3. The van der Waals surface area contributed by atoms with Gasteiger partial charge in [-0.25, -0.2) is 0 Å². The maximum Gasteiger partial charge on any atom is 0.316 e. The number of nitrogens with zero attached hydrogens (tertiary/aromatic N) is 3. The molecule has 8 nitrogen and oxygen atoms in total. The summed E-state index contributed by atoms with van der Waals surface area (Å²) >= 11 is 6.78. The molecule has 0 bridgehead atoms. The summed E-state index contributed by atoms with van der Waals surface area (Å²) in [5, 5.41) is 17.3. The van der Waals surface area contributed by atoms with Gasteiger partial charge in [-0.15, -0.1) is 10.2 Å². The fourth-order valence-electron chi connectivity index (χ4n) is 1.73. The zero-order chi connectivity index (χ0) is 19.1. The van der Waals surface area contributed by atoms with Gasteiger partial charge < -0.3 is 14.9 Å². The van der Waals surface area contributed by atoms with Crippen LogP contribution in [0.25, 0.3) is 11.5 Å². The van der Waals surface area contributed by atoms with Gasteiger partial charge in [0, 0.05) is 16.3 Å². The highest BCUT2D eigenvalue weighted by molar-refractivity contribution is 7.99. The topological polar surface area (TPSA) is 132 Å². The summed E-state index contributed by atoms with van der Waals surface area (Å²) in [6.45, 7) is 0.860. The summed E-state index contributed by atoms with van der Waals surface area (Å²) in [4.78, 5) is 23.4. The molecule has 2 N–H and O–H groups in total. The Morgan fingerprint density at radius 1 is 1.35 bits per heavy atom. The molecule has 1 aromatic carbocycles. The third-order valence-corrected chi connectivity index (χ3v) is 4.00. The van der Waals surface area contributed by atoms with Crippen LogP contribution in [0.15, 0.2) is 45.2 Å². The number of carbonyl (C=O) groups excluding carboxylic acids is 2. The van der Waals surface area contributed by atoms with Crippen molar-refractivity contribution in [2.75, 3.05) is 12.4 Å². The average Bonchev–Trinajstić information content (AvgIpc) is 3.08. The predicted molar refractivity (Wildman–Crippen MR) is 93.9 cm³/mol. The van der Waals surface area contributed by atoms with E-state index in [2.05, 4.69) is 10.2 Å². The normalized spacial score (nSPS) is 11.4. The number of halogens is 1. The highest BCUT2D eigenvalue weighted by Gasteiger charge is 2.16. The first kappa shape index (κ1) is 19.5. The van der Waals surface area contributed by atoms with Crippen molar-refractivity contribution in [3.05, 3.63) is 40.6 Å². The number of hydrogen-bond donors (Lipinski definition) is 1. The zero-order valence-electron chi connectivity index (χ0n) is 13.6. The summed E-state index contributed by atoms with van der Waals surface area (Å²) in [5.74, 6) is -1.17. The number of allylic oxidation sites excluding steroid dienone is 1. The third kappa shape index (κ3) is 5.34. The Hall–Kier alpha value is -2.83. The SMILES string of the molecule is CC(N)=C(C#N)C(=O)COC(=O)CSc1nnc(-c2ccc(Cl)cc2)o1. The number of esters is 1. The molecule has 0 aliphatic carbocycles. The van der Waals surface area contributed by atoms with Crippen LogP contribution in [0, 0.1) is 11.3 Å². The molecule has 10 heteroatoms. The lowest BCUT2D eigenvalue weighted by Gasteiger charge is -2.03. The second kappa shape index (κ2) is 9.03. The molecule has 0 aliphatic rings. The largest absolute Gasteiger partial charge is 0.457 e. The van der Waals surface area contributed by atoms with Gasteiger partial charge in [-0.05, 0) is 31.2 Å². The van der Waals surface area contributed by atoms with Crippen LogP contribution < -0.4 is 5.73 Å². The van der Waals surface area contributed by atoms with Gasteiger partial charge in [-0.2, -0.15) is 5.26 Å². The van der Waals surface area contributed by atoms with Crippen molar-refractivity contribution in [2.45, 2.75) is 12.1 Å². The first-order chi connectivity index (χ1) is 12.4. The van der Waals surface area contributed by atoms with E-state index in [1.165, 1.54) is 6.92 Å². The van der Waals surface area contributed by atoms with Gasteiger partial charge in [0.1, 0.15) is 17.4 Å². The maximum absolute atomic E-state index is 11.7. The van der Waals surface area contributed by atoms with Crippen molar-refractivity contribution in [1.82, 2.24) is 10.2 Å². The van der Waals surface area contributed by atoms with Crippen molar-refractivity contribution in [1.29, 1.82) is 5.26 Å². The fraction of sp³-hybridized carbons (Fsp3) is 0.188. The van der Waals surface area contributed by atoms with E-state index < -0.39 is 18.4 Å². The molecule has 1 heterocycles. The Morgan fingerprint density at radius 3 is 2.65 bits per heavy atom. The van der Waals surface area contributed by atoms with Crippen molar-refractivity contribution < 1.29 is 18.7 Å². The molecule has 0 amide bonds. The van der Waals surface area contributed by atoms with Gasteiger partial charge in [0.2, 0.25) is 11.7 Å². The Morgan fingerprint density at radius 2 is 2.04 bits per heavy atom. The quantitative estimate of drug-likeness (QED) is 0.326. The van der Waals surface area contributed by atoms with E-state index in [1.807, 2.05) is 0 Å². The van der Waals surface area contributed by atoms with Crippen LogP contribution in [-0.4, -0.2) is 34.3 Å². The van der Waals surface area contributed by atoms with Crippen LogP contribution in [0.5, 0.6) is 0 Å². The number of nitriles is 1. The van der Waals surface area contributed by atoms with E-state index in [4.69, 9.17) is 31.8 Å². The molecule has 0 spiro atoms. The number of ether oxygens (including phenoxy) is 1. The van der Waals surface area contributed by atoms with Crippen LogP contribution in [0.2, 0.25) is 5.02 Å². The molecule has 0 unspecified atom stereocenters. The summed E-state index contributed by atoms with van der Waals surface area (Å²) in [6, 6.07) is 8.50. The first-order valence-electron chi connectivity index (χ1n) is 7.18. The molecule has 26 heavy (non-hydrogen) atoms. The lowest BCUT2D eigenvalue weighted by Crippen LogP contribution is -2.18. The summed E-state index contributed by atoms with van der Waals surface area (Å²) in [7, 11) is 0. The number of Topliss-reactive ketones (excluding diaryl/α,β-unsaturated/α-hetero) is 1. The minimum Gasteiger partial charge on any atom is -0.457 e. The predicted octanol–water partition coefficient (Wildman–Crippen LogP) is 2.35. The van der Waals surface area contributed by atoms with Gasteiger partial charge in [0.25, 0.3) is 5.22 Å². The Kier molecular flexibility index (Phi) is 6.77. The number of thioether (sulfide) groups is 1. The number of aromatic nitrogens is 2. The van der Waals surface area contributed by atoms with Crippen molar-refractivity contribution >= 4 is 35.1 Å². The van der Waals surface area contributed by atoms with Gasteiger partial charge in [0.05, 0.1) is 0 Å². The zero-order valence-corrected chi connectivity index (χ0v) is 15.1. The van der Waals surface area contributed by atoms with Crippen LogP contribution in [-0.2, 0) is 14.3 Å². The van der Waals surface area contributed by atoms with E-state index in [9.17, 15) is 9.59 Å². The Bertz CT molecular complexity index is 882. The second-order valence-electron chi connectivity index (χ2n) is 4.92. The van der Waals surface area contributed by atoms with E-state index in [0.29, 0.717) is 10.6 Å².